The number of benzene rings is 3. The van der Waals surface area contributed by atoms with Crippen LogP contribution in [0.1, 0.15) is 11.1 Å². The molecule has 5 rings (SSSR count). The molecular weight excluding hydrogens is 392 g/mol. The number of ether oxygens (including phenoxy) is 2. The van der Waals surface area contributed by atoms with Crippen molar-refractivity contribution in [3.8, 4) is 11.5 Å². The molecule has 0 aliphatic carbocycles. The molecule has 0 atom stereocenters. The van der Waals surface area contributed by atoms with E-state index in [1.165, 1.54) is 31.3 Å². The zero-order chi connectivity index (χ0) is 18.9. The monoisotopic (exact) mass is 410 g/mol. The molecule has 27 heavy (non-hydrogen) atoms. The van der Waals surface area contributed by atoms with Crippen molar-refractivity contribution < 1.29 is 9.47 Å². The van der Waals surface area contributed by atoms with E-state index in [2.05, 4.69) is 56.1 Å². The number of thiol groups is 1. The number of hydrogen-bond acceptors (Lipinski definition) is 5. The van der Waals surface area contributed by atoms with Gasteiger partial charge in [-0.3, -0.25) is 0 Å². The van der Waals surface area contributed by atoms with Crippen LogP contribution in [0.5, 0.6) is 11.5 Å². The van der Waals surface area contributed by atoms with E-state index in [1.807, 2.05) is 0 Å². The van der Waals surface area contributed by atoms with E-state index in [4.69, 9.17) is 9.47 Å². The summed E-state index contributed by atoms with van der Waals surface area (Å²) in [5.41, 5.74) is 2.51. The predicted octanol–water partition coefficient (Wildman–Crippen LogP) is 7.35. The first-order valence-electron chi connectivity index (χ1n) is 8.64. The molecule has 2 nitrogen and oxygen atoms in total. The van der Waals surface area contributed by atoms with Crippen molar-refractivity contribution in [1.29, 1.82) is 0 Å². The summed E-state index contributed by atoms with van der Waals surface area (Å²) in [4.78, 5) is 0. The summed E-state index contributed by atoms with van der Waals surface area (Å²) < 4.78 is 15.4. The second-order valence-corrected chi connectivity index (χ2v) is 9.52. The lowest BCUT2D eigenvalue weighted by atomic mass is 9.97. The van der Waals surface area contributed by atoms with Crippen LogP contribution in [-0.2, 0) is 0 Å². The molecule has 0 saturated heterocycles. The summed E-state index contributed by atoms with van der Waals surface area (Å²) >= 11 is 8.11. The van der Waals surface area contributed by atoms with Gasteiger partial charge in [0.1, 0.15) is 11.5 Å². The molecule has 0 saturated carbocycles. The van der Waals surface area contributed by atoms with Gasteiger partial charge in [0.15, 0.2) is 0 Å². The fraction of sp³-hybridized carbons (Fsp3) is 0.182. The largest absolute Gasteiger partial charge is 0.495 e. The normalized spacial score (nSPS) is 11.9. The molecule has 0 aliphatic heterocycles. The molecule has 5 heteroatoms. The number of rotatable bonds is 2. The van der Waals surface area contributed by atoms with Crippen molar-refractivity contribution in [3.05, 3.63) is 40.8 Å². The minimum atomic E-state index is 0.905. The van der Waals surface area contributed by atoms with Crippen LogP contribution in [-0.4, -0.2) is 14.2 Å². The molecule has 3 aromatic carbocycles. The Morgan fingerprint density at radius 2 is 1.30 bits per heavy atom. The third kappa shape index (κ3) is 2.32. The lowest BCUT2D eigenvalue weighted by molar-refractivity contribution is 0.418. The molecule has 0 bridgehead atoms. The van der Waals surface area contributed by atoms with Gasteiger partial charge in [-0.2, -0.15) is 0 Å². The van der Waals surface area contributed by atoms with E-state index in [-0.39, 0.29) is 0 Å². The van der Waals surface area contributed by atoms with Crippen LogP contribution in [0, 0.1) is 13.8 Å². The van der Waals surface area contributed by atoms with Crippen LogP contribution in [0.25, 0.3) is 41.7 Å². The highest BCUT2D eigenvalue weighted by Gasteiger charge is 2.19. The maximum Gasteiger partial charge on any atom is 0.134 e. The van der Waals surface area contributed by atoms with E-state index in [1.54, 1.807) is 36.9 Å². The molecule has 5 aromatic rings. The minimum Gasteiger partial charge on any atom is -0.495 e. The summed E-state index contributed by atoms with van der Waals surface area (Å²) in [7, 11) is 3.50. The molecule has 0 aliphatic rings. The topological polar surface area (TPSA) is 18.5 Å². The molecule has 0 unspecified atom stereocenters. The Labute approximate surface area is 170 Å². The first-order chi connectivity index (χ1) is 13.0. The summed E-state index contributed by atoms with van der Waals surface area (Å²) in [6.45, 7) is 4.28. The zero-order valence-corrected chi connectivity index (χ0v) is 18.0. The van der Waals surface area contributed by atoms with Crippen molar-refractivity contribution >= 4 is 77.0 Å². The number of hydrogen-bond donors (Lipinski definition) is 1. The molecule has 0 radical (unpaired) electrons. The summed E-state index contributed by atoms with van der Waals surface area (Å²) in [6, 6.07) is 8.91. The van der Waals surface area contributed by atoms with E-state index >= 15 is 0 Å². The molecule has 0 N–H and O–H groups in total. The Kier molecular flexibility index (Phi) is 3.83. The van der Waals surface area contributed by atoms with Crippen LogP contribution in [0.15, 0.2) is 33.9 Å². The van der Waals surface area contributed by atoms with E-state index in [9.17, 15) is 0 Å². The van der Waals surface area contributed by atoms with Gasteiger partial charge in [-0.25, -0.2) is 0 Å². The Balaban J connectivity index is 2.06. The van der Waals surface area contributed by atoms with E-state index < -0.39 is 0 Å². The fourth-order valence-corrected chi connectivity index (χ4v) is 6.28. The van der Waals surface area contributed by atoms with Gasteiger partial charge < -0.3 is 9.47 Å². The van der Waals surface area contributed by atoms with Crippen LogP contribution in [0.4, 0.5) is 0 Å². The molecule has 0 amide bonds. The fourth-order valence-electron chi connectivity index (χ4n) is 3.94. The standard InChI is InChI=1S/C22H18O2S3/c1-10-9-26-18-7-16-14(5-12(10)18)20(23-3)17-8-19-13(11(2)22(25)27-19)6-15(17)21(16)24-4/h5-9,25H,1-4H3. The van der Waals surface area contributed by atoms with Gasteiger partial charge in [-0.1, -0.05) is 0 Å². The highest BCUT2D eigenvalue weighted by molar-refractivity contribution is 7.83. The molecule has 2 aromatic heterocycles. The number of thiophene rings is 2. The summed E-state index contributed by atoms with van der Waals surface area (Å²) in [5, 5.41) is 9.05. The maximum absolute atomic E-state index is 5.92. The van der Waals surface area contributed by atoms with Crippen molar-refractivity contribution in [2.24, 2.45) is 0 Å². The van der Waals surface area contributed by atoms with E-state index in [0.29, 0.717) is 0 Å². The summed E-state index contributed by atoms with van der Waals surface area (Å²) in [5.74, 6) is 1.81. The quantitative estimate of drug-likeness (QED) is 0.242. The van der Waals surface area contributed by atoms with Gasteiger partial charge in [0.25, 0.3) is 0 Å². The predicted molar refractivity (Wildman–Crippen MR) is 122 cm³/mol. The first kappa shape index (κ1) is 17.2. The Morgan fingerprint density at radius 3 is 1.93 bits per heavy atom. The van der Waals surface area contributed by atoms with Crippen LogP contribution in [0.3, 0.4) is 0 Å². The lowest BCUT2D eigenvalue weighted by Gasteiger charge is -2.16. The highest BCUT2D eigenvalue weighted by Crippen LogP contribution is 2.47. The van der Waals surface area contributed by atoms with E-state index in [0.717, 1.165) is 37.3 Å². The minimum absolute atomic E-state index is 0.905. The van der Waals surface area contributed by atoms with Gasteiger partial charge in [0.05, 0.1) is 18.4 Å². The average Bonchev–Trinajstić information content (AvgIpc) is 3.16. The van der Waals surface area contributed by atoms with Crippen molar-refractivity contribution in [2.75, 3.05) is 14.2 Å². The zero-order valence-electron chi connectivity index (χ0n) is 15.5. The Morgan fingerprint density at radius 1 is 0.741 bits per heavy atom. The molecule has 136 valence electrons. The van der Waals surface area contributed by atoms with Crippen molar-refractivity contribution in [2.45, 2.75) is 18.1 Å². The van der Waals surface area contributed by atoms with Crippen molar-refractivity contribution in [1.82, 2.24) is 0 Å². The smallest absolute Gasteiger partial charge is 0.134 e. The number of fused-ring (bicyclic) bond motifs is 4. The van der Waals surface area contributed by atoms with Crippen LogP contribution < -0.4 is 9.47 Å². The average molecular weight is 411 g/mol. The number of aryl methyl sites for hydroxylation is 2. The molecule has 2 heterocycles. The third-order valence-corrected chi connectivity index (χ3v) is 8.07. The molecule has 0 spiro atoms. The second kappa shape index (κ2) is 6.03. The highest BCUT2D eigenvalue weighted by atomic mass is 32.2. The van der Waals surface area contributed by atoms with Crippen LogP contribution in [0.2, 0.25) is 0 Å². The maximum atomic E-state index is 5.92. The Bertz CT molecular complexity index is 1370. The van der Waals surface area contributed by atoms with Gasteiger partial charge in [-0.05, 0) is 65.4 Å². The van der Waals surface area contributed by atoms with Gasteiger partial charge >= 0.3 is 0 Å². The molecular formula is C22H18O2S3. The first-order valence-corrected chi connectivity index (χ1v) is 10.8. The Hall–Kier alpha value is -1.95. The molecule has 0 fully saturated rings. The second-order valence-electron chi connectivity index (χ2n) is 6.81. The van der Waals surface area contributed by atoms with Gasteiger partial charge in [-0.15, -0.1) is 35.3 Å². The van der Waals surface area contributed by atoms with Crippen molar-refractivity contribution in [3.63, 3.8) is 0 Å². The lowest BCUT2D eigenvalue weighted by Crippen LogP contribution is -1.93. The summed E-state index contributed by atoms with van der Waals surface area (Å²) in [6.07, 6.45) is 0. The van der Waals surface area contributed by atoms with Gasteiger partial charge in [0.2, 0.25) is 0 Å². The number of methoxy groups -OCH3 is 2. The van der Waals surface area contributed by atoms with Crippen LogP contribution >= 0.6 is 35.3 Å². The SMILES string of the molecule is COc1c2cc3sc(S)c(C)c3cc2c(OC)c2cc3scc(C)c3cc12. The van der Waals surface area contributed by atoms with Gasteiger partial charge in [0, 0.05) is 30.9 Å². The third-order valence-electron chi connectivity index (χ3n) is 5.35.